The number of benzene rings is 2. The smallest absolute Gasteiger partial charge is 0.247 e. The maximum atomic E-state index is 13.3. The third kappa shape index (κ3) is 3.83. The first-order valence-corrected chi connectivity index (χ1v) is 9.33. The van der Waals surface area contributed by atoms with Crippen LogP contribution in [-0.2, 0) is 16.0 Å². The highest BCUT2D eigenvalue weighted by Gasteiger charge is 2.32. The van der Waals surface area contributed by atoms with Crippen LogP contribution in [-0.4, -0.2) is 30.1 Å². The molecule has 0 bridgehead atoms. The molecule has 1 N–H and O–H groups in total. The largest absolute Gasteiger partial charge is 0.416 e. The van der Waals surface area contributed by atoms with Crippen molar-refractivity contribution < 1.29 is 21.6 Å². The lowest BCUT2D eigenvalue weighted by Gasteiger charge is -2.12. The maximum Gasteiger partial charge on any atom is 0.416 e. The van der Waals surface area contributed by atoms with Crippen LogP contribution < -0.4 is 0 Å². The van der Waals surface area contributed by atoms with Gasteiger partial charge >= 0.3 is 6.18 Å². The Hall–Kier alpha value is -3.19. The molecule has 10 heteroatoms. The number of hydrogen-bond donors (Lipinski definition) is 1. The molecule has 138 valence electrons. The van der Waals surface area contributed by atoms with E-state index in [-0.39, 0.29) is 27.4 Å². The van der Waals surface area contributed by atoms with E-state index >= 15 is 0 Å². The van der Waals surface area contributed by atoms with Crippen LogP contribution in [0.1, 0.15) is 11.3 Å². The number of hydrogen-bond acceptors (Lipinski definition) is 5. The van der Waals surface area contributed by atoms with Gasteiger partial charge < -0.3 is 0 Å². The van der Waals surface area contributed by atoms with Crippen LogP contribution in [0.15, 0.2) is 47.4 Å². The van der Waals surface area contributed by atoms with E-state index < -0.39 is 21.6 Å². The van der Waals surface area contributed by atoms with Crippen molar-refractivity contribution >= 4 is 9.84 Å². The molecule has 0 aliphatic rings. The van der Waals surface area contributed by atoms with Gasteiger partial charge in [0.1, 0.15) is 11.8 Å². The fraction of sp³-hybridized carbons (Fsp3) is 0.118. The van der Waals surface area contributed by atoms with Crippen LogP contribution in [0.3, 0.4) is 0 Å². The second kappa shape index (κ2) is 6.51. The number of H-pyrrole nitrogens is 1. The minimum absolute atomic E-state index is 0.00222. The number of alkyl halides is 3. The van der Waals surface area contributed by atoms with E-state index in [1.54, 1.807) is 6.07 Å². The lowest BCUT2D eigenvalue weighted by atomic mass is 9.97. The van der Waals surface area contributed by atoms with Crippen molar-refractivity contribution in [2.75, 3.05) is 6.26 Å². The average molecular weight is 392 g/mol. The molecule has 0 fully saturated rings. The lowest BCUT2D eigenvalue weighted by molar-refractivity contribution is -0.137. The Kier molecular flexibility index (Phi) is 4.49. The van der Waals surface area contributed by atoms with Gasteiger partial charge in [-0.15, -0.1) is 5.10 Å². The number of sulfone groups is 1. The summed E-state index contributed by atoms with van der Waals surface area (Å²) in [6, 6.07) is 10.5. The highest BCUT2D eigenvalue weighted by molar-refractivity contribution is 7.90. The van der Waals surface area contributed by atoms with E-state index in [2.05, 4.69) is 15.4 Å². The molecule has 0 unspecified atom stereocenters. The van der Waals surface area contributed by atoms with Gasteiger partial charge in [-0.3, -0.25) is 0 Å². The highest BCUT2D eigenvalue weighted by atomic mass is 32.2. The van der Waals surface area contributed by atoms with Crippen molar-refractivity contribution in [1.29, 1.82) is 5.26 Å². The minimum atomic E-state index is -4.62. The van der Waals surface area contributed by atoms with Gasteiger partial charge in [0.25, 0.3) is 0 Å². The predicted molar refractivity (Wildman–Crippen MR) is 90.1 cm³/mol. The van der Waals surface area contributed by atoms with Crippen LogP contribution in [0.2, 0.25) is 0 Å². The zero-order chi connectivity index (χ0) is 19.8. The van der Waals surface area contributed by atoms with Crippen LogP contribution in [0.25, 0.3) is 22.4 Å². The van der Waals surface area contributed by atoms with Crippen molar-refractivity contribution in [1.82, 2.24) is 15.4 Å². The molecule has 0 aliphatic carbocycles. The first-order valence-electron chi connectivity index (χ1n) is 7.44. The maximum absolute atomic E-state index is 13.3. The number of nitrogens with zero attached hydrogens (tertiary/aromatic N) is 3. The van der Waals surface area contributed by atoms with Gasteiger partial charge in [0.05, 0.1) is 10.5 Å². The molecular weight excluding hydrogens is 381 g/mol. The van der Waals surface area contributed by atoms with E-state index in [1.165, 1.54) is 30.3 Å². The van der Waals surface area contributed by atoms with Crippen molar-refractivity contribution in [2.24, 2.45) is 0 Å². The lowest BCUT2D eigenvalue weighted by Crippen LogP contribution is -2.05. The second-order valence-electron chi connectivity index (χ2n) is 5.74. The third-order valence-electron chi connectivity index (χ3n) is 3.81. The van der Waals surface area contributed by atoms with Crippen molar-refractivity contribution in [2.45, 2.75) is 11.1 Å². The fourth-order valence-electron chi connectivity index (χ4n) is 2.50. The molecule has 0 amide bonds. The summed E-state index contributed by atoms with van der Waals surface area (Å²) in [5.41, 5.74) is -0.333. The van der Waals surface area contributed by atoms with Crippen LogP contribution >= 0.6 is 0 Å². The summed E-state index contributed by atoms with van der Waals surface area (Å²) in [6.07, 6.45) is -3.58. The Morgan fingerprint density at radius 2 is 1.67 bits per heavy atom. The van der Waals surface area contributed by atoms with Crippen LogP contribution in [0.5, 0.6) is 0 Å². The van der Waals surface area contributed by atoms with Crippen molar-refractivity contribution in [3.8, 4) is 28.5 Å². The first-order chi connectivity index (χ1) is 12.6. The van der Waals surface area contributed by atoms with E-state index in [9.17, 15) is 21.6 Å². The standard InChI is InChI=1S/C17H11F3N4O2S/c1-27(25,26)14-4-2-10(3-5-14)11-6-12(8-13(7-11)17(18,19)20)16-15(9-21)22-24-23-16/h2-8H,1H3,(H,22,23,24). The van der Waals surface area contributed by atoms with E-state index in [0.717, 1.165) is 18.4 Å². The molecule has 1 aromatic heterocycles. The van der Waals surface area contributed by atoms with Gasteiger partial charge in [-0.1, -0.05) is 17.3 Å². The first kappa shape index (κ1) is 18.6. The molecule has 3 rings (SSSR count). The summed E-state index contributed by atoms with van der Waals surface area (Å²) in [7, 11) is -3.42. The van der Waals surface area contributed by atoms with Crippen LogP contribution in [0.4, 0.5) is 13.2 Å². The summed E-state index contributed by atoms with van der Waals surface area (Å²) in [5.74, 6) is 0. The Labute approximate surface area is 152 Å². The molecule has 6 nitrogen and oxygen atoms in total. The molecule has 0 radical (unpaired) electrons. The number of nitriles is 1. The number of halogens is 3. The van der Waals surface area contributed by atoms with Gasteiger partial charge in [-0.25, -0.2) is 13.5 Å². The average Bonchev–Trinajstić information content (AvgIpc) is 3.09. The van der Waals surface area contributed by atoms with E-state index in [4.69, 9.17) is 5.26 Å². The highest BCUT2D eigenvalue weighted by Crippen LogP contribution is 2.36. The Balaban J connectivity index is 2.18. The topological polar surface area (TPSA) is 99.5 Å². The second-order valence-corrected chi connectivity index (χ2v) is 7.76. The van der Waals surface area contributed by atoms with E-state index in [1.807, 2.05) is 0 Å². The molecule has 27 heavy (non-hydrogen) atoms. The summed E-state index contributed by atoms with van der Waals surface area (Å²) < 4.78 is 63.1. The SMILES string of the molecule is CS(=O)(=O)c1ccc(-c2cc(-c3nn[nH]c3C#N)cc(C(F)(F)F)c2)cc1. The number of nitrogens with one attached hydrogen (secondary N) is 1. The Morgan fingerprint density at radius 1 is 1.04 bits per heavy atom. The summed E-state index contributed by atoms with van der Waals surface area (Å²) in [5, 5.41) is 18.5. The Morgan fingerprint density at radius 3 is 2.22 bits per heavy atom. The van der Waals surface area contributed by atoms with Gasteiger partial charge in [0, 0.05) is 11.8 Å². The molecule has 0 atom stereocenters. The van der Waals surface area contributed by atoms with Gasteiger partial charge in [-0.05, 0) is 41.5 Å². The van der Waals surface area contributed by atoms with Crippen molar-refractivity contribution in [3.63, 3.8) is 0 Å². The normalized spacial score (nSPS) is 12.0. The fourth-order valence-corrected chi connectivity index (χ4v) is 3.13. The third-order valence-corrected chi connectivity index (χ3v) is 4.94. The zero-order valence-electron chi connectivity index (χ0n) is 13.7. The Bertz CT molecular complexity index is 1140. The number of rotatable bonds is 3. The molecule has 1 heterocycles. The van der Waals surface area contributed by atoms with Crippen molar-refractivity contribution in [3.05, 3.63) is 53.7 Å². The monoisotopic (exact) mass is 392 g/mol. The quantitative estimate of drug-likeness (QED) is 0.736. The molecular formula is C17H11F3N4O2S. The number of aromatic nitrogens is 3. The number of aromatic amines is 1. The minimum Gasteiger partial charge on any atom is -0.247 e. The molecule has 0 spiro atoms. The van der Waals surface area contributed by atoms with Gasteiger partial charge in [0.15, 0.2) is 15.5 Å². The van der Waals surface area contributed by atoms with Crippen LogP contribution in [0, 0.1) is 11.3 Å². The summed E-state index contributed by atoms with van der Waals surface area (Å²) in [6.45, 7) is 0. The molecule has 0 saturated heterocycles. The molecule has 0 saturated carbocycles. The zero-order valence-corrected chi connectivity index (χ0v) is 14.6. The summed E-state index contributed by atoms with van der Waals surface area (Å²) >= 11 is 0. The summed E-state index contributed by atoms with van der Waals surface area (Å²) in [4.78, 5) is 0.0571. The van der Waals surface area contributed by atoms with E-state index in [0.29, 0.717) is 5.56 Å². The molecule has 2 aromatic carbocycles. The van der Waals surface area contributed by atoms with Gasteiger partial charge in [0.2, 0.25) is 0 Å². The molecule has 0 aliphatic heterocycles. The van der Waals surface area contributed by atoms with Gasteiger partial charge in [-0.2, -0.15) is 18.4 Å². The predicted octanol–water partition coefficient (Wildman–Crippen LogP) is 3.43. The molecule has 3 aromatic rings.